The van der Waals surface area contributed by atoms with Crippen LogP contribution in [0.3, 0.4) is 0 Å². The van der Waals surface area contributed by atoms with E-state index in [4.69, 9.17) is 0 Å². The molecule has 0 saturated carbocycles. The second kappa shape index (κ2) is 7.23. The van der Waals surface area contributed by atoms with Gasteiger partial charge in [-0.25, -0.2) is 0 Å². The van der Waals surface area contributed by atoms with E-state index in [9.17, 15) is 0 Å². The van der Waals surface area contributed by atoms with Gasteiger partial charge in [0.25, 0.3) is 0 Å². The number of pyridine rings is 1. The van der Waals surface area contributed by atoms with Crippen LogP contribution in [0.15, 0.2) is 42.6 Å². The Bertz CT molecular complexity index is 542. The normalized spacial score (nSPS) is 12.2. The maximum Gasteiger partial charge on any atom is 0.0574 e. The third kappa shape index (κ3) is 4.05. The molecule has 1 atom stereocenters. The Hall–Kier alpha value is -1.87. The van der Waals surface area contributed by atoms with Crippen LogP contribution in [-0.4, -0.2) is 19.1 Å². The maximum absolute atomic E-state index is 4.59. The molecule has 3 nitrogen and oxygen atoms in total. The average molecular weight is 283 g/mol. The molecule has 2 aromatic rings. The molecule has 21 heavy (non-hydrogen) atoms. The van der Waals surface area contributed by atoms with E-state index in [1.54, 1.807) is 0 Å². The summed E-state index contributed by atoms with van der Waals surface area (Å²) in [6.07, 6.45) is 3.01. The van der Waals surface area contributed by atoms with Gasteiger partial charge in [-0.15, -0.1) is 0 Å². The standard InChI is InChI=1S/C18H25N3/c1-5-17(19-3)18-11-10-16(12-20-18)21(4)13-15-8-6-14(2)7-9-15/h6-12,17,19H,5,13H2,1-4H3. The number of nitrogens with zero attached hydrogens (tertiary/aromatic N) is 2. The lowest BCUT2D eigenvalue weighted by Gasteiger charge is -2.20. The summed E-state index contributed by atoms with van der Waals surface area (Å²) in [4.78, 5) is 6.82. The molecule has 0 aliphatic rings. The van der Waals surface area contributed by atoms with E-state index in [2.05, 4.69) is 72.5 Å². The monoisotopic (exact) mass is 283 g/mol. The summed E-state index contributed by atoms with van der Waals surface area (Å²) in [5.41, 5.74) is 4.86. The van der Waals surface area contributed by atoms with E-state index in [1.165, 1.54) is 11.1 Å². The molecule has 1 heterocycles. The Morgan fingerprint density at radius 1 is 1.14 bits per heavy atom. The van der Waals surface area contributed by atoms with Crippen LogP contribution in [0.5, 0.6) is 0 Å². The van der Waals surface area contributed by atoms with Crippen molar-refractivity contribution in [3.8, 4) is 0 Å². The van der Waals surface area contributed by atoms with Gasteiger partial charge in [-0.05, 0) is 38.1 Å². The summed E-state index contributed by atoms with van der Waals surface area (Å²) in [5, 5.41) is 3.29. The molecule has 1 aromatic carbocycles. The van der Waals surface area contributed by atoms with E-state index < -0.39 is 0 Å². The average Bonchev–Trinajstić information content (AvgIpc) is 2.51. The first kappa shape index (κ1) is 15.5. The quantitative estimate of drug-likeness (QED) is 0.876. The molecule has 3 heteroatoms. The summed E-state index contributed by atoms with van der Waals surface area (Å²) in [7, 11) is 4.08. The zero-order valence-electron chi connectivity index (χ0n) is 13.4. The Morgan fingerprint density at radius 2 is 1.86 bits per heavy atom. The van der Waals surface area contributed by atoms with Crippen LogP contribution in [0.1, 0.15) is 36.2 Å². The maximum atomic E-state index is 4.59. The molecule has 112 valence electrons. The van der Waals surface area contributed by atoms with E-state index in [0.717, 1.165) is 24.3 Å². The van der Waals surface area contributed by atoms with Crippen molar-refractivity contribution >= 4 is 5.69 Å². The Labute approximate surface area is 128 Å². The second-order valence-corrected chi connectivity index (χ2v) is 5.53. The molecule has 2 rings (SSSR count). The summed E-state index contributed by atoms with van der Waals surface area (Å²) < 4.78 is 0. The summed E-state index contributed by atoms with van der Waals surface area (Å²) in [5.74, 6) is 0. The van der Waals surface area contributed by atoms with Gasteiger partial charge in [0.15, 0.2) is 0 Å². The number of rotatable bonds is 6. The van der Waals surface area contributed by atoms with Gasteiger partial charge in [-0.3, -0.25) is 4.98 Å². The first-order valence-corrected chi connectivity index (χ1v) is 7.54. The van der Waals surface area contributed by atoms with Crippen LogP contribution in [0.2, 0.25) is 0 Å². The van der Waals surface area contributed by atoms with Crippen LogP contribution in [0.25, 0.3) is 0 Å². The summed E-state index contributed by atoms with van der Waals surface area (Å²) >= 11 is 0. The minimum absolute atomic E-state index is 0.335. The third-order valence-electron chi connectivity index (χ3n) is 3.87. The minimum Gasteiger partial charge on any atom is -0.369 e. The number of anilines is 1. The lowest BCUT2D eigenvalue weighted by molar-refractivity contribution is 0.561. The van der Waals surface area contributed by atoms with Crippen LogP contribution < -0.4 is 10.2 Å². The highest BCUT2D eigenvalue weighted by atomic mass is 15.1. The smallest absolute Gasteiger partial charge is 0.0574 e. The Kier molecular flexibility index (Phi) is 5.34. The van der Waals surface area contributed by atoms with Crippen molar-refractivity contribution in [1.82, 2.24) is 10.3 Å². The molecule has 1 unspecified atom stereocenters. The lowest BCUT2D eigenvalue weighted by atomic mass is 10.1. The van der Waals surface area contributed by atoms with Gasteiger partial charge >= 0.3 is 0 Å². The number of nitrogens with one attached hydrogen (secondary N) is 1. The van der Waals surface area contributed by atoms with Gasteiger partial charge in [0.05, 0.1) is 17.6 Å². The number of hydrogen-bond acceptors (Lipinski definition) is 3. The predicted octanol–water partition coefficient (Wildman–Crippen LogP) is 3.70. The molecule has 0 fully saturated rings. The fraction of sp³-hybridized carbons (Fsp3) is 0.389. The fourth-order valence-corrected chi connectivity index (χ4v) is 2.45. The molecule has 0 spiro atoms. The van der Waals surface area contributed by atoms with Crippen molar-refractivity contribution < 1.29 is 0 Å². The van der Waals surface area contributed by atoms with Crippen molar-refractivity contribution in [3.63, 3.8) is 0 Å². The van der Waals surface area contributed by atoms with Crippen LogP contribution in [0, 0.1) is 6.92 Å². The van der Waals surface area contributed by atoms with E-state index >= 15 is 0 Å². The highest BCUT2D eigenvalue weighted by Gasteiger charge is 2.09. The number of benzene rings is 1. The molecule has 0 amide bonds. The molecule has 0 saturated heterocycles. The van der Waals surface area contributed by atoms with E-state index in [0.29, 0.717) is 6.04 Å². The SMILES string of the molecule is CCC(NC)c1ccc(N(C)Cc2ccc(C)cc2)cn1. The van der Waals surface area contributed by atoms with Crippen molar-refractivity contribution in [2.24, 2.45) is 0 Å². The molecule has 0 aliphatic carbocycles. The van der Waals surface area contributed by atoms with Gasteiger partial charge in [0.2, 0.25) is 0 Å². The van der Waals surface area contributed by atoms with Crippen molar-refractivity contribution in [2.75, 3.05) is 19.0 Å². The van der Waals surface area contributed by atoms with Gasteiger partial charge in [-0.2, -0.15) is 0 Å². The number of aryl methyl sites for hydroxylation is 1. The molecule has 0 bridgehead atoms. The molecule has 0 radical (unpaired) electrons. The fourth-order valence-electron chi connectivity index (χ4n) is 2.45. The third-order valence-corrected chi connectivity index (χ3v) is 3.87. The first-order chi connectivity index (χ1) is 10.1. The van der Waals surface area contributed by atoms with Gasteiger partial charge in [0.1, 0.15) is 0 Å². The predicted molar refractivity (Wildman–Crippen MR) is 89.6 cm³/mol. The zero-order chi connectivity index (χ0) is 15.2. The number of aromatic nitrogens is 1. The summed E-state index contributed by atoms with van der Waals surface area (Å²) in [6, 6.07) is 13.3. The molecule has 1 N–H and O–H groups in total. The molecular formula is C18H25N3. The Morgan fingerprint density at radius 3 is 2.38 bits per heavy atom. The van der Waals surface area contributed by atoms with E-state index in [-0.39, 0.29) is 0 Å². The topological polar surface area (TPSA) is 28.2 Å². The van der Waals surface area contributed by atoms with Crippen LogP contribution in [0.4, 0.5) is 5.69 Å². The summed E-state index contributed by atoms with van der Waals surface area (Å²) in [6.45, 7) is 5.17. The molecule has 1 aromatic heterocycles. The van der Waals surface area contributed by atoms with Crippen LogP contribution >= 0.6 is 0 Å². The van der Waals surface area contributed by atoms with E-state index in [1.807, 2.05) is 13.2 Å². The second-order valence-electron chi connectivity index (χ2n) is 5.53. The molecule has 0 aliphatic heterocycles. The van der Waals surface area contributed by atoms with Gasteiger partial charge < -0.3 is 10.2 Å². The highest BCUT2D eigenvalue weighted by molar-refractivity contribution is 5.44. The number of hydrogen-bond donors (Lipinski definition) is 1. The lowest BCUT2D eigenvalue weighted by Crippen LogP contribution is -2.19. The first-order valence-electron chi connectivity index (χ1n) is 7.54. The van der Waals surface area contributed by atoms with Crippen molar-refractivity contribution in [1.29, 1.82) is 0 Å². The Balaban J connectivity index is 2.05. The van der Waals surface area contributed by atoms with Gasteiger partial charge in [0, 0.05) is 19.6 Å². The zero-order valence-corrected chi connectivity index (χ0v) is 13.4. The van der Waals surface area contributed by atoms with Crippen molar-refractivity contribution in [2.45, 2.75) is 32.9 Å². The molecular weight excluding hydrogens is 258 g/mol. The highest BCUT2D eigenvalue weighted by Crippen LogP contribution is 2.19. The van der Waals surface area contributed by atoms with Crippen LogP contribution in [-0.2, 0) is 6.54 Å². The van der Waals surface area contributed by atoms with Gasteiger partial charge in [-0.1, -0.05) is 36.8 Å². The van der Waals surface area contributed by atoms with Crippen molar-refractivity contribution in [3.05, 3.63) is 59.4 Å². The minimum atomic E-state index is 0.335. The largest absolute Gasteiger partial charge is 0.369 e.